The molecule has 0 aliphatic carbocycles. The van der Waals surface area contributed by atoms with Crippen LogP contribution in [0.2, 0.25) is 0 Å². The fourth-order valence-corrected chi connectivity index (χ4v) is 1.22. The van der Waals surface area contributed by atoms with E-state index in [-0.39, 0.29) is 11.7 Å². The van der Waals surface area contributed by atoms with Crippen molar-refractivity contribution in [3.8, 4) is 17.5 Å². The number of hydrogen-bond acceptors (Lipinski definition) is 4. The van der Waals surface area contributed by atoms with Crippen molar-refractivity contribution in [3.05, 3.63) is 30.3 Å². The molecule has 1 heterocycles. The Kier molecular flexibility index (Phi) is 2.64. The molecule has 0 saturated heterocycles. The molecule has 0 N–H and O–H groups in total. The van der Waals surface area contributed by atoms with Gasteiger partial charge in [0.2, 0.25) is 5.82 Å². The first-order valence-corrected chi connectivity index (χ1v) is 5.13. The van der Waals surface area contributed by atoms with Crippen LogP contribution in [0.5, 0.6) is 6.08 Å². The molecular formula is C12H14N2O2. The Labute approximate surface area is 94.2 Å². The number of rotatable bonds is 2. The minimum absolute atomic E-state index is 0.200. The normalized spacial score (nSPS) is 11.4. The van der Waals surface area contributed by atoms with E-state index in [9.17, 15) is 0 Å². The molecule has 1 aromatic carbocycles. The van der Waals surface area contributed by atoms with E-state index < -0.39 is 0 Å². The third kappa shape index (κ3) is 2.59. The van der Waals surface area contributed by atoms with Gasteiger partial charge < -0.3 is 4.74 Å². The minimum Gasteiger partial charge on any atom is -0.443 e. The smallest absolute Gasteiger partial charge is 0.418 e. The first-order valence-electron chi connectivity index (χ1n) is 5.13. The minimum atomic E-state index is -0.333. The van der Waals surface area contributed by atoms with Gasteiger partial charge in [0.1, 0.15) is 5.60 Å². The molecule has 2 rings (SSSR count). The van der Waals surface area contributed by atoms with Crippen molar-refractivity contribution in [2.75, 3.05) is 0 Å². The Bertz CT molecular complexity index is 457. The van der Waals surface area contributed by atoms with Crippen molar-refractivity contribution in [2.24, 2.45) is 0 Å². The Morgan fingerprint density at radius 3 is 2.44 bits per heavy atom. The lowest BCUT2D eigenvalue weighted by Gasteiger charge is -2.16. The number of aromatic nitrogens is 2. The zero-order valence-electron chi connectivity index (χ0n) is 9.60. The zero-order valence-corrected chi connectivity index (χ0v) is 9.60. The van der Waals surface area contributed by atoms with Crippen LogP contribution in [0.3, 0.4) is 0 Å². The molecule has 84 valence electrons. The van der Waals surface area contributed by atoms with Crippen molar-refractivity contribution >= 4 is 0 Å². The summed E-state index contributed by atoms with van der Waals surface area (Å²) >= 11 is 0. The molecule has 4 heteroatoms. The van der Waals surface area contributed by atoms with Gasteiger partial charge in [-0.05, 0) is 20.8 Å². The number of hydrogen-bond donors (Lipinski definition) is 0. The highest BCUT2D eigenvalue weighted by atomic mass is 16.6. The summed E-state index contributed by atoms with van der Waals surface area (Å²) in [6.07, 6.45) is 0.200. The van der Waals surface area contributed by atoms with E-state index in [1.54, 1.807) is 0 Å². The van der Waals surface area contributed by atoms with Crippen LogP contribution in [0.25, 0.3) is 11.4 Å². The second kappa shape index (κ2) is 3.96. The number of ether oxygens (including phenoxy) is 1. The molecule has 0 bridgehead atoms. The van der Waals surface area contributed by atoms with Gasteiger partial charge in [-0.3, -0.25) is 4.52 Å². The number of benzene rings is 1. The maximum absolute atomic E-state index is 5.46. The van der Waals surface area contributed by atoms with E-state index >= 15 is 0 Å². The van der Waals surface area contributed by atoms with Crippen molar-refractivity contribution in [1.29, 1.82) is 0 Å². The van der Waals surface area contributed by atoms with Gasteiger partial charge in [-0.2, -0.15) is 4.98 Å². The maximum Gasteiger partial charge on any atom is 0.418 e. The zero-order chi connectivity index (χ0) is 11.6. The summed E-state index contributed by atoms with van der Waals surface area (Å²) in [7, 11) is 0. The summed E-state index contributed by atoms with van der Waals surface area (Å²) < 4.78 is 10.5. The van der Waals surface area contributed by atoms with E-state index in [2.05, 4.69) is 10.1 Å². The lowest BCUT2D eigenvalue weighted by molar-refractivity contribution is 0.0779. The Morgan fingerprint density at radius 1 is 1.12 bits per heavy atom. The highest BCUT2D eigenvalue weighted by Crippen LogP contribution is 2.20. The van der Waals surface area contributed by atoms with E-state index in [1.807, 2.05) is 51.1 Å². The van der Waals surface area contributed by atoms with Crippen LogP contribution >= 0.6 is 0 Å². The quantitative estimate of drug-likeness (QED) is 0.777. The second-order valence-electron chi connectivity index (χ2n) is 4.46. The highest BCUT2D eigenvalue weighted by Gasteiger charge is 2.17. The standard InChI is InChI=1S/C12H14N2O2/c1-12(2,3)15-11-13-10(14-16-11)9-7-5-4-6-8-9/h4-8H,1-3H3. The van der Waals surface area contributed by atoms with Crippen molar-refractivity contribution in [1.82, 2.24) is 10.1 Å². The van der Waals surface area contributed by atoms with Gasteiger partial charge in [-0.25, -0.2) is 0 Å². The van der Waals surface area contributed by atoms with Crippen LogP contribution in [0.1, 0.15) is 20.8 Å². The molecule has 0 spiro atoms. The summed E-state index contributed by atoms with van der Waals surface area (Å²) in [5, 5.41) is 3.86. The van der Waals surface area contributed by atoms with Gasteiger partial charge in [-0.1, -0.05) is 35.5 Å². The Balaban J connectivity index is 2.21. The highest BCUT2D eigenvalue weighted by molar-refractivity contribution is 5.53. The monoisotopic (exact) mass is 218 g/mol. The van der Waals surface area contributed by atoms with Gasteiger partial charge in [-0.15, -0.1) is 0 Å². The van der Waals surface area contributed by atoms with Gasteiger partial charge in [0, 0.05) is 5.56 Å². The molecule has 1 aromatic heterocycles. The third-order valence-electron chi connectivity index (χ3n) is 1.83. The van der Waals surface area contributed by atoms with Gasteiger partial charge in [0.05, 0.1) is 0 Å². The van der Waals surface area contributed by atoms with E-state index in [4.69, 9.17) is 9.26 Å². The average Bonchev–Trinajstić information content (AvgIpc) is 2.65. The van der Waals surface area contributed by atoms with Crippen LogP contribution in [-0.2, 0) is 0 Å². The first-order chi connectivity index (χ1) is 7.54. The van der Waals surface area contributed by atoms with Gasteiger partial charge >= 0.3 is 6.08 Å². The second-order valence-corrected chi connectivity index (χ2v) is 4.46. The van der Waals surface area contributed by atoms with E-state index in [1.165, 1.54) is 0 Å². The molecule has 0 fully saturated rings. The Hall–Kier alpha value is -1.84. The van der Waals surface area contributed by atoms with Crippen molar-refractivity contribution < 1.29 is 9.26 Å². The molecular weight excluding hydrogens is 204 g/mol. The van der Waals surface area contributed by atoms with Crippen LogP contribution in [0.4, 0.5) is 0 Å². The molecule has 2 aromatic rings. The molecule has 16 heavy (non-hydrogen) atoms. The lowest BCUT2D eigenvalue weighted by atomic mass is 10.2. The van der Waals surface area contributed by atoms with Crippen LogP contribution in [-0.4, -0.2) is 15.7 Å². The van der Waals surface area contributed by atoms with Gasteiger partial charge in [0.15, 0.2) is 0 Å². The fourth-order valence-electron chi connectivity index (χ4n) is 1.22. The van der Waals surface area contributed by atoms with Crippen molar-refractivity contribution in [3.63, 3.8) is 0 Å². The first kappa shape index (κ1) is 10.7. The van der Waals surface area contributed by atoms with E-state index in [0.717, 1.165) is 5.56 Å². The fraction of sp³-hybridized carbons (Fsp3) is 0.333. The predicted octanol–water partition coefficient (Wildman–Crippen LogP) is 2.91. The molecule has 0 aliphatic heterocycles. The summed E-state index contributed by atoms with van der Waals surface area (Å²) in [5.41, 5.74) is 0.579. The van der Waals surface area contributed by atoms with Crippen LogP contribution in [0.15, 0.2) is 34.9 Å². The van der Waals surface area contributed by atoms with Gasteiger partial charge in [0.25, 0.3) is 0 Å². The van der Waals surface area contributed by atoms with Crippen molar-refractivity contribution in [2.45, 2.75) is 26.4 Å². The largest absolute Gasteiger partial charge is 0.443 e. The number of nitrogens with zero attached hydrogens (tertiary/aromatic N) is 2. The summed E-state index contributed by atoms with van der Waals surface area (Å²) in [5.74, 6) is 0.542. The summed E-state index contributed by atoms with van der Waals surface area (Å²) in [6.45, 7) is 5.79. The van der Waals surface area contributed by atoms with Crippen LogP contribution < -0.4 is 4.74 Å². The van der Waals surface area contributed by atoms with E-state index in [0.29, 0.717) is 5.82 Å². The molecule has 4 nitrogen and oxygen atoms in total. The lowest BCUT2D eigenvalue weighted by Crippen LogP contribution is -2.23. The molecule has 0 saturated carbocycles. The predicted molar refractivity (Wildman–Crippen MR) is 60.1 cm³/mol. The summed E-state index contributed by atoms with van der Waals surface area (Å²) in [6, 6.07) is 9.64. The van der Waals surface area contributed by atoms with Crippen LogP contribution in [0, 0.1) is 0 Å². The Morgan fingerprint density at radius 2 is 1.81 bits per heavy atom. The SMILES string of the molecule is CC(C)(C)Oc1nc(-c2ccccc2)no1. The molecule has 0 atom stereocenters. The average molecular weight is 218 g/mol. The third-order valence-corrected chi connectivity index (χ3v) is 1.83. The molecule has 0 aliphatic rings. The molecule has 0 amide bonds. The summed E-state index contributed by atoms with van der Waals surface area (Å²) in [4.78, 5) is 4.17. The molecule has 0 unspecified atom stereocenters. The maximum atomic E-state index is 5.46. The molecule has 0 radical (unpaired) electrons. The topological polar surface area (TPSA) is 48.2 Å².